The predicted octanol–water partition coefficient (Wildman–Crippen LogP) is 3.61. The predicted molar refractivity (Wildman–Crippen MR) is 53.2 cm³/mol. The van der Waals surface area contributed by atoms with Gasteiger partial charge in [-0.05, 0) is 0 Å². The molecule has 0 bridgehead atoms. The molecule has 0 aliphatic rings. The van der Waals surface area contributed by atoms with E-state index in [-0.39, 0.29) is 0 Å². The molecule has 142 valence electrons. The molecule has 0 atom stereocenters. The van der Waals surface area contributed by atoms with E-state index in [0.29, 0.717) is 0 Å². The molecule has 0 amide bonds. The van der Waals surface area contributed by atoms with Crippen molar-refractivity contribution < 1.29 is 67.1 Å². The van der Waals surface area contributed by atoms with Crippen molar-refractivity contribution >= 4 is 30.8 Å². The van der Waals surface area contributed by atoms with E-state index in [4.69, 9.17) is 3.44 Å². The first-order valence-corrected chi connectivity index (χ1v) is 8.57. The molecule has 0 spiro atoms. The van der Waals surface area contributed by atoms with Crippen LogP contribution in [0.2, 0.25) is 0 Å². The van der Waals surface area contributed by atoms with Crippen molar-refractivity contribution in [2.45, 2.75) is 27.5 Å². The summed E-state index contributed by atoms with van der Waals surface area (Å²) < 4.78 is 170. The first-order chi connectivity index (χ1) is 9.63. The van der Waals surface area contributed by atoms with E-state index in [1.807, 2.05) is 0 Å². The third kappa shape index (κ3) is 3.89. The Balaban J connectivity index is 5.81. The summed E-state index contributed by atoms with van der Waals surface area (Å²) in [7, 11) is -7.14. The molecule has 0 radical (unpaired) electrons. The molecule has 4 nitrogen and oxygen atoms in total. The van der Waals surface area contributed by atoms with Crippen molar-refractivity contribution in [3.05, 3.63) is 0 Å². The van der Waals surface area contributed by atoms with E-state index in [9.17, 15) is 61.1 Å². The van der Waals surface area contributed by atoms with Crippen molar-refractivity contribution in [3.8, 4) is 0 Å². The van der Waals surface area contributed by atoms with Crippen molar-refractivity contribution in [1.82, 2.24) is 0 Å². The molecule has 18 heteroatoms. The van der Waals surface area contributed by atoms with Gasteiger partial charge in [-0.15, -0.1) is 0 Å². The maximum absolute atomic E-state index is 12.9. The average molecular weight is 512 g/mol. The Hall–Kier alpha value is -0.240. The minimum atomic E-state index is -7.51. The molecular formula is C5HF12IO4S. The normalized spacial score (nSPS) is 16.5. The molecule has 0 heterocycles. The molecule has 1 N–H and O–H groups in total. The number of rotatable bonds is 5. The van der Waals surface area contributed by atoms with Gasteiger partial charge in [-0.25, -0.2) is 0 Å². The van der Waals surface area contributed by atoms with Gasteiger partial charge >= 0.3 is 125 Å². The second-order valence-electron chi connectivity index (χ2n) is 3.34. The van der Waals surface area contributed by atoms with Gasteiger partial charge < -0.3 is 0 Å². The Labute approximate surface area is 126 Å². The van der Waals surface area contributed by atoms with E-state index < -0.39 is 58.2 Å². The van der Waals surface area contributed by atoms with E-state index >= 15 is 0 Å². The molecular weight excluding hydrogens is 511 g/mol. The Morgan fingerprint density at radius 1 is 0.739 bits per heavy atom. The van der Waals surface area contributed by atoms with Crippen LogP contribution in [0.3, 0.4) is 0 Å². The van der Waals surface area contributed by atoms with Gasteiger partial charge in [-0.2, -0.15) is 0 Å². The quantitative estimate of drug-likeness (QED) is 0.265. The topological polar surface area (TPSA) is 63.6 Å². The van der Waals surface area contributed by atoms with Gasteiger partial charge in [-0.1, -0.05) is 0 Å². The molecule has 0 saturated heterocycles. The molecule has 0 aliphatic carbocycles. The van der Waals surface area contributed by atoms with Crippen LogP contribution in [0.4, 0.5) is 52.7 Å². The fourth-order valence-electron chi connectivity index (χ4n) is 0.611. The Morgan fingerprint density at radius 3 is 1.35 bits per heavy atom. The zero-order valence-electron chi connectivity index (χ0n) is 9.49. The van der Waals surface area contributed by atoms with Crippen LogP contribution in [0.1, 0.15) is 0 Å². The van der Waals surface area contributed by atoms with Crippen LogP contribution >= 0.6 is 20.6 Å². The van der Waals surface area contributed by atoms with Crippen LogP contribution in [0, 0.1) is 0 Å². The van der Waals surface area contributed by atoms with Crippen molar-refractivity contribution in [2.24, 2.45) is 0 Å². The van der Waals surface area contributed by atoms with Gasteiger partial charge in [0.25, 0.3) is 0 Å². The molecule has 0 aromatic heterocycles. The standard InChI is InChI=1S/C5HF12IO4S/c6-1(7,3(10,11)12)2(8,9)4(13,14)18(19)22-23(20,21)5(15,16)17/h19H. The molecule has 0 unspecified atom stereocenters. The average Bonchev–Trinajstić information content (AvgIpc) is 2.24. The SMILES string of the molecule is O=S(=O)(OI(O)C(F)(F)C(F)(F)C(F)(F)C(F)(F)F)C(F)(F)F. The summed E-state index contributed by atoms with van der Waals surface area (Å²) >= 11 is -7.01. The second kappa shape index (κ2) is 5.93. The fraction of sp³-hybridized carbons (Fsp3) is 1.00. The van der Waals surface area contributed by atoms with Crippen molar-refractivity contribution in [2.75, 3.05) is 0 Å². The van der Waals surface area contributed by atoms with E-state index in [1.165, 1.54) is 0 Å². The van der Waals surface area contributed by atoms with Gasteiger partial charge in [-0.3, -0.25) is 0 Å². The summed E-state index contributed by atoms with van der Waals surface area (Å²) in [6.45, 7) is 0. The van der Waals surface area contributed by atoms with Gasteiger partial charge in [0.1, 0.15) is 0 Å². The summed E-state index contributed by atoms with van der Waals surface area (Å²) in [5.41, 5.74) is -6.52. The minimum absolute atomic E-state index is 2.29. The summed E-state index contributed by atoms with van der Waals surface area (Å²) in [5.74, 6) is -15.0. The van der Waals surface area contributed by atoms with Crippen LogP contribution in [0.25, 0.3) is 0 Å². The van der Waals surface area contributed by atoms with Gasteiger partial charge in [0.05, 0.1) is 0 Å². The molecule has 0 aliphatic heterocycles. The molecule has 0 saturated carbocycles. The third-order valence-electron chi connectivity index (χ3n) is 1.74. The van der Waals surface area contributed by atoms with Crippen molar-refractivity contribution in [1.29, 1.82) is 0 Å². The zero-order chi connectivity index (χ0) is 19.3. The van der Waals surface area contributed by atoms with Crippen LogP contribution < -0.4 is 0 Å². The van der Waals surface area contributed by atoms with Gasteiger partial charge in [0.15, 0.2) is 0 Å². The van der Waals surface area contributed by atoms with Crippen LogP contribution in [-0.2, 0) is 12.6 Å². The first-order valence-electron chi connectivity index (χ1n) is 4.23. The van der Waals surface area contributed by atoms with Crippen molar-refractivity contribution in [3.63, 3.8) is 0 Å². The zero-order valence-corrected chi connectivity index (χ0v) is 12.5. The van der Waals surface area contributed by atoms with Gasteiger partial charge in [0, 0.05) is 0 Å². The molecule has 0 rings (SSSR count). The summed E-state index contributed by atoms with van der Waals surface area (Å²) in [6.07, 6.45) is -7.29. The molecule has 23 heavy (non-hydrogen) atoms. The first kappa shape index (κ1) is 22.8. The number of hydrogen-bond donors (Lipinski definition) is 1. The van der Waals surface area contributed by atoms with Gasteiger partial charge in [0.2, 0.25) is 0 Å². The number of alkyl halides is 13. The number of hydrogen-bond acceptors (Lipinski definition) is 4. The Bertz CT molecular complexity index is 535. The molecule has 0 aromatic rings. The van der Waals surface area contributed by atoms with Crippen LogP contribution in [0.5, 0.6) is 0 Å². The van der Waals surface area contributed by atoms with E-state index in [1.54, 1.807) is 0 Å². The van der Waals surface area contributed by atoms with Crippen LogP contribution in [-0.4, -0.2) is 39.3 Å². The van der Waals surface area contributed by atoms with E-state index in [0.717, 1.165) is 0 Å². The summed E-state index contributed by atoms with van der Waals surface area (Å²) in [6, 6.07) is 0. The Kier molecular flexibility index (Phi) is 5.87. The fourth-order valence-corrected chi connectivity index (χ4v) is 4.47. The van der Waals surface area contributed by atoms with Crippen LogP contribution in [0.15, 0.2) is 0 Å². The Morgan fingerprint density at radius 2 is 1.09 bits per heavy atom. The molecule has 0 fully saturated rings. The molecule has 0 aromatic carbocycles. The monoisotopic (exact) mass is 512 g/mol. The maximum atomic E-state index is 12.9. The summed E-state index contributed by atoms with van der Waals surface area (Å²) in [4.78, 5) is 0. The van der Waals surface area contributed by atoms with E-state index in [2.05, 4.69) is 2.51 Å². The second-order valence-corrected chi connectivity index (χ2v) is 8.59. The number of halogens is 13. The third-order valence-corrected chi connectivity index (χ3v) is 6.87. The summed E-state index contributed by atoms with van der Waals surface area (Å²) in [5, 5.41) is 0.